The maximum Gasteiger partial charge on any atom is 0.408 e. The first-order valence-corrected chi connectivity index (χ1v) is 7.27. The zero-order valence-corrected chi connectivity index (χ0v) is 12.6. The highest BCUT2D eigenvalue weighted by Crippen LogP contribution is 2.23. The highest BCUT2D eigenvalue weighted by Gasteiger charge is 2.30. The molecule has 1 unspecified atom stereocenters. The van der Waals surface area contributed by atoms with Gasteiger partial charge in [0.2, 0.25) is 11.0 Å². The average Bonchev–Trinajstić information content (AvgIpc) is 3.04. The van der Waals surface area contributed by atoms with E-state index in [9.17, 15) is 13.2 Å². The lowest BCUT2D eigenvalue weighted by Gasteiger charge is -2.06. The van der Waals surface area contributed by atoms with Crippen LogP contribution < -0.4 is 0 Å². The predicted molar refractivity (Wildman–Crippen MR) is 67.8 cm³/mol. The molecular weight excluding hydrogens is 325 g/mol. The van der Waals surface area contributed by atoms with Crippen molar-refractivity contribution in [2.75, 3.05) is 6.61 Å². The van der Waals surface area contributed by atoms with Crippen LogP contribution in [0, 0.1) is 0 Å². The molecule has 0 aliphatic rings. The zero-order valence-electron chi connectivity index (χ0n) is 11.7. The molecule has 0 spiro atoms. The van der Waals surface area contributed by atoms with Crippen LogP contribution in [0.15, 0.2) is 9.68 Å². The number of hydrogen-bond donors (Lipinski definition) is 0. The van der Waals surface area contributed by atoms with Crippen LogP contribution in [0.5, 0.6) is 0 Å². The van der Waals surface area contributed by atoms with Crippen LogP contribution in [-0.4, -0.2) is 43.1 Å². The standard InChI is InChI=1S/C10H13F3N6O2S/c1-3-20-6(2)8-14-7(21-16-8)4-22-9-15-17-18-19(9)5-10(11,12)13/h6H,3-5H2,1-2H3. The number of hydrogen-bond acceptors (Lipinski definition) is 8. The van der Waals surface area contributed by atoms with Crippen LogP contribution in [0.3, 0.4) is 0 Å². The van der Waals surface area contributed by atoms with Gasteiger partial charge in [-0.2, -0.15) is 18.2 Å². The SMILES string of the molecule is CCOC(C)c1noc(CSc2nnnn2CC(F)(F)F)n1. The van der Waals surface area contributed by atoms with Crippen LogP contribution in [0.25, 0.3) is 0 Å². The summed E-state index contributed by atoms with van der Waals surface area (Å²) in [5, 5.41) is 13.8. The Morgan fingerprint density at radius 1 is 1.41 bits per heavy atom. The number of tetrazole rings is 1. The monoisotopic (exact) mass is 338 g/mol. The van der Waals surface area contributed by atoms with Crippen molar-refractivity contribution in [3.63, 3.8) is 0 Å². The number of ether oxygens (including phenoxy) is 1. The van der Waals surface area contributed by atoms with Crippen molar-refractivity contribution in [1.29, 1.82) is 0 Å². The second-order valence-electron chi connectivity index (χ2n) is 4.17. The molecule has 0 saturated heterocycles. The van der Waals surface area contributed by atoms with E-state index in [1.54, 1.807) is 6.92 Å². The minimum Gasteiger partial charge on any atom is -0.371 e. The Bertz CT molecular complexity index is 601. The lowest BCUT2D eigenvalue weighted by molar-refractivity contribution is -0.144. The minimum absolute atomic E-state index is 0.0231. The van der Waals surface area contributed by atoms with Crippen LogP contribution in [0.4, 0.5) is 13.2 Å². The molecule has 1 atom stereocenters. The first-order valence-electron chi connectivity index (χ1n) is 6.29. The third-order valence-electron chi connectivity index (χ3n) is 2.42. The summed E-state index contributed by atoms with van der Waals surface area (Å²) < 4.78 is 48.0. The summed E-state index contributed by atoms with van der Waals surface area (Å²) in [6.07, 6.45) is -4.71. The Morgan fingerprint density at radius 2 is 2.18 bits per heavy atom. The molecular formula is C10H13F3N6O2S. The summed E-state index contributed by atoms with van der Waals surface area (Å²) in [6, 6.07) is 0. The molecule has 22 heavy (non-hydrogen) atoms. The number of thioether (sulfide) groups is 1. The molecule has 2 aromatic rings. The van der Waals surface area contributed by atoms with Gasteiger partial charge >= 0.3 is 6.18 Å². The number of rotatable bonds is 7. The van der Waals surface area contributed by atoms with Crippen molar-refractivity contribution in [2.45, 2.75) is 43.6 Å². The lowest BCUT2D eigenvalue weighted by Crippen LogP contribution is -2.19. The molecule has 8 nitrogen and oxygen atoms in total. The summed E-state index contributed by atoms with van der Waals surface area (Å²) in [4.78, 5) is 4.11. The molecule has 12 heteroatoms. The molecule has 0 aliphatic carbocycles. The Labute approximate surface area is 127 Å². The summed E-state index contributed by atoms with van der Waals surface area (Å²) >= 11 is 0.976. The third kappa shape index (κ3) is 4.66. The maximum absolute atomic E-state index is 12.3. The van der Waals surface area contributed by atoms with Gasteiger partial charge in [0.15, 0.2) is 5.82 Å². The van der Waals surface area contributed by atoms with E-state index in [4.69, 9.17) is 9.26 Å². The Hall–Kier alpha value is -1.69. The van der Waals surface area contributed by atoms with E-state index in [1.807, 2.05) is 6.92 Å². The summed E-state index contributed by atoms with van der Waals surface area (Å²) in [5.41, 5.74) is 0. The largest absolute Gasteiger partial charge is 0.408 e. The Balaban J connectivity index is 1.95. The van der Waals surface area contributed by atoms with Gasteiger partial charge in [-0.15, -0.1) is 5.10 Å². The molecule has 0 aliphatic heterocycles. The molecule has 2 heterocycles. The average molecular weight is 338 g/mol. The number of nitrogens with zero attached hydrogens (tertiary/aromatic N) is 6. The first kappa shape index (κ1) is 16.7. The van der Waals surface area contributed by atoms with Gasteiger partial charge in [0, 0.05) is 6.61 Å². The third-order valence-corrected chi connectivity index (χ3v) is 3.36. The normalized spacial score (nSPS) is 13.5. The molecule has 0 bridgehead atoms. The lowest BCUT2D eigenvalue weighted by atomic mass is 10.4. The van der Waals surface area contributed by atoms with E-state index in [-0.39, 0.29) is 22.9 Å². The van der Waals surface area contributed by atoms with Crippen molar-refractivity contribution in [2.24, 2.45) is 0 Å². The maximum atomic E-state index is 12.3. The number of halogens is 3. The topological polar surface area (TPSA) is 91.8 Å². The molecule has 0 radical (unpaired) electrons. The van der Waals surface area contributed by atoms with Gasteiger partial charge in [0.05, 0.1) is 5.75 Å². The minimum atomic E-state index is -4.39. The van der Waals surface area contributed by atoms with Crippen LogP contribution in [-0.2, 0) is 17.0 Å². The van der Waals surface area contributed by atoms with E-state index in [1.165, 1.54) is 0 Å². The van der Waals surface area contributed by atoms with Crippen molar-refractivity contribution in [1.82, 2.24) is 30.3 Å². The Morgan fingerprint density at radius 3 is 2.86 bits per heavy atom. The molecule has 2 rings (SSSR count). The van der Waals surface area contributed by atoms with Crippen molar-refractivity contribution in [3.05, 3.63) is 11.7 Å². The Kier molecular flexibility index (Phi) is 5.34. The van der Waals surface area contributed by atoms with Gasteiger partial charge < -0.3 is 9.26 Å². The highest BCUT2D eigenvalue weighted by molar-refractivity contribution is 7.98. The number of aromatic nitrogens is 6. The molecule has 2 aromatic heterocycles. The molecule has 0 fully saturated rings. The molecule has 122 valence electrons. The second kappa shape index (κ2) is 7.05. The van der Waals surface area contributed by atoms with Crippen LogP contribution in [0.2, 0.25) is 0 Å². The molecule has 0 N–H and O–H groups in total. The fourth-order valence-electron chi connectivity index (χ4n) is 1.51. The quantitative estimate of drug-likeness (QED) is 0.708. The molecule has 0 saturated carbocycles. The van der Waals surface area contributed by atoms with Crippen molar-refractivity contribution in [3.8, 4) is 0 Å². The molecule has 0 aromatic carbocycles. The van der Waals surface area contributed by atoms with Gasteiger partial charge in [-0.3, -0.25) is 0 Å². The zero-order chi connectivity index (χ0) is 16.2. The fraction of sp³-hybridized carbons (Fsp3) is 0.700. The van der Waals surface area contributed by atoms with E-state index >= 15 is 0 Å². The highest BCUT2D eigenvalue weighted by atomic mass is 32.2. The molecule has 0 amide bonds. The smallest absolute Gasteiger partial charge is 0.371 e. The summed E-state index contributed by atoms with van der Waals surface area (Å²) in [5.74, 6) is 0.796. The van der Waals surface area contributed by atoms with Crippen LogP contribution in [0.1, 0.15) is 31.7 Å². The predicted octanol–water partition coefficient (Wildman–Crippen LogP) is 2.01. The van der Waals surface area contributed by atoms with Crippen molar-refractivity contribution >= 4 is 11.8 Å². The van der Waals surface area contributed by atoms with Gasteiger partial charge in [0.25, 0.3) is 0 Å². The fourth-order valence-corrected chi connectivity index (χ4v) is 2.23. The number of alkyl halides is 3. The van der Waals surface area contributed by atoms with Gasteiger partial charge in [0.1, 0.15) is 12.6 Å². The second-order valence-corrected chi connectivity index (χ2v) is 5.11. The van der Waals surface area contributed by atoms with E-state index in [2.05, 4.69) is 25.7 Å². The first-order chi connectivity index (χ1) is 10.4. The summed E-state index contributed by atoms with van der Waals surface area (Å²) in [7, 11) is 0. The van der Waals surface area contributed by atoms with Gasteiger partial charge in [-0.1, -0.05) is 16.9 Å². The van der Waals surface area contributed by atoms with E-state index < -0.39 is 12.7 Å². The van der Waals surface area contributed by atoms with Crippen LogP contribution >= 0.6 is 11.8 Å². The van der Waals surface area contributed by atoms with Gasteiger partial charge in [-0.05, 0) is 24.3 Å². The van der Waals surface area contributed by atoms with E-state index in [0.717, 1.165) is 11.8 Å². The summed E-state index contributed by atoms with van der Waals surface area (Å²) in [6.45, 7) is 2.87. The van der Waals surface area contributed by atoms with Gasteiger partial charge in [-0.25, -0.2) is 4.68 Å². The van der Waals surface area contributed by atoms with Crippen molar-refractivity contribution < 1.29 is 22.4 Å². The van der Waals surface area contributed by atoms with E-state index in [0.29, 0.717) is 17.1 Å².